The highest BCUT2D eigenvalue weighted by Crippen LogP contribution is 2.21. The van der Waals surface area contributed by atoms with Crippen LogP contribution in [0.2, 0.25) is 0 Å². The standard InChI is InChI=1S/C24H26FN3O3S/c1-27(2)22-12-6-18(7-13-22)16-26-24(29)20-8-14-23(15-9-20)28(32(3,30)31)17-19-4-10-21(25)11-5-19/h4-15H,16-17H2,1-3H3,(H,26,29). The lowest BCUT2D eigenvalue weighted by atomic mass is 10.1. The van der Waals surface area contributed by atoms with Gasteiger partial charge in [0.15, 0.2) is 0 Å². The molecule has 1 N–H and O–H groups in total. The number of sulfonamides is 1. The summed E-state index contributed by atoms with van der Waals surface area (Å²) in [4.78, 5) is 14.5. The second-order valence-electron chi connectivity index (χ2n) is 7.69. The molecular weight excluding hydrogens is 429 g/mol. The SMILES string of the molecule is CN(C)c1ccc(CNC(=O)c2ccc(N(Cc3ccc(F)cc3)S(C)(=O)=O)cc2)cc1. The van der Waals surface area contributed by atoms with Crippen molar-refractivity contribution in [2.45, 2.75) is 13.1 Å². The molecule has 0 aliphatic carbocycles. The zero-order valence-electron chi connectivity index (χ0n) is 18.2. The van der Waals surface area contributed by atoms with Gasteiger partial charge >= 0.3 is 0 Å². The minimum absolute atomic E-state index is 0.0631. The number of hydrogen-bond donors (Lipinski definition) is 1. The van der Waals surface area contributed by atoms with Crippen molar-refractivity contribution in [3.05, 3.63) is 95.3 Å². The van der Waals surface area contributed by atoms with Gasteiger partial charge in [-0.2, -0.15) is 0 Å². The molecule has 0 spiro atoms. The predicted octanol–water partition coefficient (Wildman–Crippen LogP) is 3.79. The van der Waals surface area contributed by atoms with E-state index in [4.69, 9.17) is 0 Å². The van der Waals surface area contributed by atoms with Crippen LogP contribution in [-0.2, 0) is 23.1 Å². The molecule has 0 aromatic heterocycles. The Morgan fingerprint density at radius 1 is 0.844 bits per heavy atom. The zero-order chi connectivity index (χ0) is 23.3. The van der Waals surface area contributed by atoms with Crippen molar-refractivity contribution >= 4 is 27.3 Å². The monoisotopic (exact) mass is 455 g/mol. The first-order valence-corrected chi connectivity index (χ1v) is 11.8. The maximum absolute atomic E-state index is 13.2. The van der Waals surface area contributed by atoms with E-state index in [9.17, 15) is 17.6 Å². The van der Waals surface area contributed by atoms with E-state index in [1.165, 1.54) is 16.4 Å². The number of halogens is 1. The molecule has 0 aliphatic rings. The van der Waals surface area contributed by atoms with E-state index in [2.05, 4.69) is 5.32 Å². The summed E-state index contributed by atoms with van der Waals surface area (Å²) in [6.45, 7) is 0.446. The molecule has 168 valence electrons. The number of nitrogens with one attached hydrogen (secondary N) is 1. The molecule has 0 aliphatic heterocycles. The van der Waals surface area contributed by atoms with Crippen molar-refractivity contribution in [3.8, 4) is 0 Å². The highest BCUT2D eigenvalue weighted by molar-refractivity contribution is 7.92. The number of benzene rings is 3. The Kier molecular flexibility index (Phi) is 7.15. The average molecular weight is 456 g/mol. The van der Waals surface area contributed by atoms with Crippen LogP contribution in [0.15, 0.2) is 72.8 Å². The molecular formula is C24H26FN3O3S. The van der Waals surface area contributed by atoms with E-state index in [0.29, 0.717) is 23.4 Å². The molecule has 0 radical (unpaired) electrons. The summed E-state index contributed by atoms with van der Waals surface area (Å²) >= 11 is 0. The van der Waals surface area contributed by atoms with Gasteiger partial charge in [0, 0.05) is 31.9 Å². The molecule has 0 bridgehead atoms. The van der Waals surface area contributed by atoms with Gasteiger partial charge in [0.05, 0.1) is 18.5 Å². The molecule has 0 saturated heterocycles. The molecule has 6 nitrogen and oxygen atoms in total. The molecule has 3 rings (SSSR count). The molecule has 0 unspecified atom stereocenters. The quantitative estimate of drug-likeness (QED) is 0.561. The van der Waals surface area contributed by atoms with Crippen LogP contribution in [0.3, 0.4) is 0 Å². The third kappa shape index (κ3) is 6.07. The molecule has 0 fully saturated rings. The van der Waals surface area contributed by atoms with Crippen LogP contribution >= 0.6 is 0 Å². The number of nitrogens with zero attached hydrogens (tertiary/aromatic N) is 2. The first kappa shape index (κ1) is 23.3. The molecule has 0 atom stereocenters. The fraction of sp³-hybridized carbons (Fsp3) is 0.208. The Bertz CT molecular complexity index is 1160. The molecule has 8 heteroatoms. The third-order valence-electron chi connectivity index (χ3n) is 4.96. The normalized spacial score (nSPS) is 11.1. The van der Waals surface area contributed by atoms with Crippen molar-refractivity contribution in [3.63, 3.8) is 0 Å². The van der Waals surface area contributed by atoms with Crippen LogP contribution in [0, 0.1) is 5.82 Å². The van der Waals surface area contributed by atoms with Crippen LogP contribution < -0.4 is 14.5 Å². The lowest BCUT2D eigenvalue weighted by Crippen LogP contribution is -2.29. The topological polar surface area (TPSA) is 69.7 Å². The predicted molar refractivity (Wildman–Crippen MR) is 126 cm³/mol. The van der Waals surface area contributed by atoms with Gasteiger partial charge in [-0.3, -0.25) is 9.10 Å². The fourth-order valence-corrected chi connectivity index (χ4v) is 4.02. The van der Waals surface area contributed by atoms with E-state index >= 15 is 0 Å². The van der Waals surface area contributed by atoms with Crippen molar-refractivity contribution in [1.82, 2.24) is 5.32 Å². The van der Waals surface area contributed by atoms with Gasteiger partial charge in [-0.1, -0.05) is 24.3 Å². The molecule has 0 heterocycles. The summed E-state index contributed by atoms with van der Waals surface area (Å²) in [5.41, 5.74) is 3.55. The number of anilines is 2. The maximum Gasteiger partial charge on any atom is 0.251 e. The van der Waals surface area contributed by atoms with Crippen molar-refractivity contribution in [2.24, 2.45) is 0 Å². The van der Waals surface area contributed by atoms with Gasteiger partial charge in [-0.05, 0) is 59.7 Å². The summed E-state index contributed by atoms with van der Waals surface area (Å²) in [7, 11) is 0.347. The van der Waals surface area contributed by atoms with Crippen LogP contribution in [0.4, 0.5) is 15.8 Å². The summed E-state index contributed by atoms with van der Waals surface area (Å²) < 4.78 is 39.0. The molecule has 1 amide bonds. The smallest absolute Gasteiger partial charge is 0.251 e. The number of rotatable bonds is 8. The van der Waals surface area contributed by atoms with E-state index < -0.39 is 10.0 Å². The van der Waals surface area contributed by atoms with Gasteiger partial charge in [-0.15, -0.1) is 0 Å². The molecule has 32 heavy (non-hydrogen) atoms. The lowest BCUT2D eigenvalue weighted by molar-refractivity contribution is 0.0951. The van der Waals surface area contributed by atoms with Crippen LogP contribution in [0.5, 0.6) is 0 Å². The molecule has 0 saturated carbocycles. The Morgan fingerprint density at radius 2 is 1.38 bits per heavy atom. The summed E-state index contributed by atoms with van der Waals surface area (Å²) in [6.07, 6.45) is 1.11. The fourth-order valence-electron chi connectivity index (χ4n) is 3.13. The maximum atomic E-state index is 13.2. The largest absolute Gasteiger partial charge is 0.378 e. The van der Waals surface area contributed by atoms with Crippen molar-refractivity contribution in [2.75, 3.05) is 29.6 Å². The Hall–Kier alpha value is -3.39. The number of carbonyl (C=O) groups excluding carboxylic acids is 1. The number of hydrogen-bond acceptors (Lipinski definition) is 4. The minimum Gasteiger partial charge on any atom is -0.378 e. The van der Waals surface area contributed by atoms with Gasteiger partial charge < -0.3 is 10.2 Å². The number of carbonyl (C=O) groups is 1. The van der Waals surface area contributed by atoms with Gasteiger partial charge in [-0.25, -0.2) is 12.8 Å². The first-order chi connectivity index (χ1) is 15.1. The second kappa shape index (κ2) is 9.82. The zero-order valence-corrected chi connectivity index (χ0v) is 19.1. The van der Waals surface area contributed by atoms with E-state index in [0.717, 1.165) is 17.5 Å². The first-order valence-electron chi connectivity index (χ1n) is 10.00. The second-order valence-corrected chi connectivity index (χ2v) is 9.59. The Balaban J connectivity index is 1.68. The Labute approximate surface area is 188 Å². The summed E-state index contributed by atoms with van der Waals surface area (Å²) in [5, 5.41) is 2.87. The summed E-state index contributed by atoms with van der Waals surface area (Å²) in [6, 6.07) is 19.9. The van der Waals surface area contributed by atoms with E-state index in [1.54, 1.807) is 36.4 Å². The van der Waals surface area contributed by atoms with Crippen LogP contribution in [0.1, 0.15) is 21.5 Å². The lowest BCUT2D eigenvalue weighted by Gasteiger charge is -2.22. The number of amides is 1. The van der Waals surface area contributed by atoms with Gasteiger partial charge in [0.1, 0.15) is 5.82 Å². The molecule has 3 aromatic rings. The van der Waals surface area contributed by atoms with Crippen LogP contribution in [-0.4, -0.2) is 34.7 Å². The van der Waals surface area contributed by atoms with Crippen molar-refractivity contribution in [1.29, 1.82) is 0 Å². The van der Waals surface area contributed by atoms with E-state index in [-0.39, 0.29) is 18.3 Å². The van der Waals surface area contributed by atoms with E-state index in [1.807, 2.05) is 43.3 Å². The minimum atomic E-state index is -3.58. The average Bonchev–Trinajstić information content (AvgIpc) is 2.76. The summed E-state index contributed by atoms with van der Waals surface area (Å²) in [5.74, 6) is -0.638. The van der Waals surface area contributed by atoms with Crippen molar-refractivity contribution < 1.29 is 17.6 Å². The molecule has 3 aromatic carbocycles. The Morgan fingerprint density at radius 3 is 1.91 bits per heavy atom. The van der Waals surface area contributed by atoms with Gasteiger partial charge in [0.25, 0.3) is 5.91 Å². The van der Waals surface area contributed by atoms with Crippen LogP contribution in [0.25, 0.3) is 0 Å². The third-order valence-corrected chi connectivity index (χ3v) is 6.10. The highest BCUT2D eigenvalue weighted by Gasteiger charge is 2.18. The van der Waals surface area contributed by atoms with Gasteiger partial charge in [0.2, 0.25) is 10.0 Å². The highest BCUT2D eigenvalue weighted by atomic mass is 32.2.